The Labute approximate surface area is 89.8 Å². The largest absolute Gasteiger partial charge is 1.00 e. The van der Waals surface area contributed by atoms with Crippen LogP contribution >= 0.6 is 0 Å². The second kappa shape index (κ2) is 10.4. The van der Waals surface area contributed by atoms with E-state index in [2.05, 4.69) is 12.2 Å². The van der Waals surface area contributed by atoms with Gasteiger partial charge in [0, 0.05) is 6.54 Å². The van der Waals surface area contributed by atoms with Crippen LogP contribution in [0.5, 0.6) is 0 Å². The molecule has 0 aliphatic heterocycles. The number of carbonyl (C=O) groups excluding carboxylic acids is 1. The van der Waals surface area contributed by atoms with Crippen molar-refractivity contribution in [2.24, 2.45) is 0 Å². The molecule has 4 heteroatoms. The van der Waals surface area contributed by atoms with Crippen molar-refractivity contribution in [2.45, 2.75) is 26.2 Å². The Balaban J connectivity index is 0. The van der Waals surface area contributed by atoms with Crippen molar-refractivity contribution in [3.05, 3.63) is 0 Å². The average Bonchev–Trinajstić information content (AvgIpc) is 1.87. The molecule has 0 aromatic heterocycles. The Hall–Kier alpha value is 0.430. The van der Waals surface area contributed by atoms with Crippen LogP contribution in [-0.2, 0) is 4.79 Å². The van der Waals surface area contributed by atoms with Gasteiger partial charge in [-0.05, 0) is 13.0 Å². The minimum Gasteiger partial charge on any atom is -0.549 e. The summed E-state index contributed by atoms with van der Waals surface area (Å²) in [6.07, 6.45) is 3.36. The number of carbonyl (C=O) groups is 1. The minimum absolute atomic E-state index is 0. The van der Waals surface area contributed by atoms with E-state index in [1.165, 1.54) is 0 Å². The Morgan fingerprint density at radius 2 is 2.09 bits per heavy atom. The molecule has 1 N–H and O–H groups in total. The zero-order chi connectivity index (χ0) is 7.82. The first-order valence-electron chi connectivity index (χ1n) is 3.68. The summed E-state index contributed by atoms with van der Waals surface area (Å²) in [6, 6.07) is 0. The van der Waals surface area contributed by atoms with Crippen LogP contribution in [0.4, 0.5) is 0 Å². The zero-order valence-electron chi connectivity index (χ0n) is 7.35. The van der Waals surface area contributed by atoms with Crippen molar-refractivity contribution in [1.29, 1.82) is 0 Å². The molecule has 0 amide bonds. The van der Waals surface area contributed by atoms with Gasteiger partial charge in [-0.15, -0.1) is 0 Å². The van der Waals surface area contributed by atoms with E-state index >= 15 is 0 Å². The van der Waals surface area contributed by atoms with Gasteiger partial charge in [0.15, 0.2) is 0 Å². The van der Waals surface area contributed by atoms with Gasteiger partial charge in [-0.1, -0.05) is 19.8 Å². The summed E-state index contributed by atoms with van der Waals surface area (Å²) in [4.78, 5) is 9.86. The third-order valence-corrected chi connectivity index (χ3v) is 1.23. The molecule has 0 aliphatic carbocycles. The first-order valence-corrected chi connectivity index (χ1v) is 3.68. The monoisotopic (exact) mass is 167 g/mol. The third-order valence-electron chi connectivity index (χ3n) is 1.23. The number of carboxylic acid groups (broad SMARTS) is 1. The van der Waals surface area contributed by atoms with E-state index < -0.39 is 5.97 Å². The number of unbranched alkanes of at least 4 members (excludes halogenated alkanes) is 2. The van der Waals surface area contributed by atoms with Gasteiger partial charge in [0.25, 0.3) is 0 Å². The van der Waals surface area contributed by atoms with E-state index in [1.807, 2.05) is 0 Å². The Morgan fingerprint density at radius 3 is 2.55 bits per heavy atom. The quantitative estimate of drug-likeness (QED) is 0.330. The summed E-state index contributed by atoms with van der Waals surface area (Å²) in [5.41, 5.74) is 0. The number of nitrogens with one attached hydrogen (secondary N) is 1. The molecule has 0 fully saturated rings. The molecule has 0 spiro atoms. The fourth-order valence-electron chi connectivity index (χ4n) is 0.690. The zero-order valence-corrected chi connectivity index (χ0v) is 9.35. The summed E-state index contributed by atoms with van der Waals surface area (Å²) >= 11 is 0. The predicted molar refractivity (Wildman–Crippen MR) is 37.4 cm³/mol. The smallest absolute Gasteiger partial charge is 0.549 e. The number of hydrogen-bond acceptors (Lipinski definition) is 3. The van der Waals surface area contributed by atoms with Gasteiger partial charge in [-0.2, -0.15) is 0 Å². The van der Waals surface area contributed by atoms with Crippen molar-refractivity contribution in [2.75, 3.05) is 13.1 Å². The summed E-state index contributed by atoms with van der Waals surface area (Å²) in [7, 11) is 0. The van der Waals surface area contributed by atoms with Crippen molar-refractivity contribution in [3.63, 3.8) is 0 Å². The van der Waals surface area contributed by atoms with E-state index in [4.69, 9.17) is 0 Å². The van der Waals surface area contributed by atoms with E-state index in [0.717, 1.165) is 25.8 Å². The Morgan fingerprint density at radius 1 is 1.45 bits per heavy atom. The molecular weight excluding hydrogens is 153 g/mol. The third kappa shape index (κ3) is 13.4. The maximum atomic E-state index is 9.86. The van der Waals surface area contributed by atoms with Crippen LogP contribution in [0.1, 0.15) is 26.2 Å². The summed E-state index contributed by atoms with van der Waals surface area (Å²) in [5, 5.41) is 12.6. The standard InChI is InChI=1S/C7H15NO2.Na/c1-2-3-4-5-8-6-7(9)10;/h8H,2-6H2,1H3,(H,9,10);/q;+1/p-1. The topological polar surface area (TPSA) is 52.2 Å². The molecule has 0 radical (unpaired) electrons. The molecule has 0 heterocycles. The minimum atomic E-state index is -1.03. The first-order chi connectivity index (χ1) is 4.77. The SMILES string of the molecule is CCCCCNCC(=O)[O-].[Na+]. The maximum Gasteiger partial charge on any atom is 1.00 e. The fourth-order valence-corrected chi connectivity index (χ4v) is 0.690. The summed E-state index contributed by atoms with van der Waals surface area (Å²) < 4.78 is 0. The second-order valence-corrected chi connectivity index (χ2v) is 2.26. The Kier molecular flexibility index (Phi) is 13.3. The van der Waals surface area contributed by atoms with Gasteiger partial charge in [0.05, 0.1) is 5.97 Å². The molecule has 0 atom stereocenters. The van der Waals surface area contributed by atoms with Gasteiger partial charge < -0.3 is 15.2 Å². The van der Waals surface area contributed by atoms with Gasteiger partial charge in [0.1, 0.15) is 0 Å². The molecule has 3 nitrogen and oxygen atoms in total. The number of aliphatic carboxylic acids is 1. The van der Waals surface area contributed by atoms with Crippen molar-refractivity contribution >= 4 is 5.97 Å². The molecule has 60 valence electrons. The fraction of sp³-hybridized carbons (Fsp3) is 0.857. The Bertz CT molecular complexity index is 98.4. The van der Waals surface area contributed by atoms with Crippen molar-refractivity contribution in [1.82, 2.24) is 5.32 Å². The molecule has 0 aromatic rings. The number of hydrogen-bond donors (Lipinski definition) is 1. The van der Waals surface area contributed by atoms with Gasteiger partial charge in [-0.3, -0.25) is 0 Å². The number of carboxylic acids is 1. The van der Waals surface area contributed by atoms with Gasteiger partial charge >= 0.3 is 29.6 Å². The molecule has 0 rings (SSSR count). The molecular formula is C7H14NNaO2. The first kappa shape index (κ1) is 14.0. The molecule has 0 aromatic carbocycles. The molecule has 0 bridgehead atoms. The average molecular weight is 167 g/mol. The van der Waals surface area contributed by atoms with Crippen molar-refractivity contribution in [3.8, 4) is 0 Å². The van der Waals surface area contributed by atoms with E-state index in [0.29, 0.717) is 0 Å². The van der Waals surface area contributed by atoms with Crippen LogP contribution in [0, 0.1) is 0 Å². The predicted octanol–water partition coefficient (Wildman–Crippen LogP) is -3.48. The van der Waals surface area contributed by atoms with E-state index in [-0.39, 0.29) is 36.1 Å². The molecule has 0 saturated heterocycles. The van der Waals surface area contributed by atoms with E-state index in [9.17, 15) is 9.90 Å². The molecule has 0 saturated carbocycles. The van der Waals surface area contributed by atoms with Crippen molar-refractivity contribution < 1.29 is 39.5 Å². The molecule has 11 heavy (non-hydrogen) atoms. The van der Waals surface area contributed by atoms with Crippen LogP contribution in [0.25, 0.3) is 0 Å². The van der Waals surface area contributed by atoms with Crippen LogP contribution < -0.4 is 40.0 Å². The second-order valence-electron chi connectivity index (χ2n) is 2.26. The van der Waals surface area contributed by atoms with Gasteiger partial charge in [0.2, 0.25) is 0 Å². The summed E-state index contributed by atoms with van der Waals surface area (Å²) in [6.45, 7) is 2.87. The van der Waals surface area contributed by atoms with Crippen LogP contribution in [0.15, 0.2) is 0 Å². The van der Waals surface area contributed by atoms with Gasteiger partial charge in [-0.25, -0.2) is 0 Å². The maximum absolute atomic E-state index is 9.86. The normalized spacial score (nSPS) is 8.82. The van der Waals surface area contributed by atoms with E-state index in [1.54, 1.807) is 0 Å². The van der Waals surface area contributed by atoms with Crippen LogP contribution in [-0.4, -0.2) is 19.1 Å². The molecule has 0 aliphatic rings. The van der Waals surface area contributed by atoms with Crippen LogP contribution in [0.3, 0.4) is 0 Å². The number of rotatable bonds is 6. The molecule has 0 unspecified atom stereocenters. The summed E-state index contributed by atoms with van der Waals surface area (Å²) in [5.74, 6) is -1.03. The van der Waals surface area contributed by atoms with Crippen LogP contribution in [0.2, 0.25) is 0 Å².